The van der Waals surface area contributed by atoms with Crippen LogP contribution in [0.1, 0.15) is 23.7 Å². The molecular weight excluding hydrogens is 320 g/mol. The van der Waals surface area contributed by atoms with Crippen molar-refractivity contribution in [1.29, 1.82) is 0 Å². The smallest absolute Gasteiger partial charge is 0.240 e. The number of hydrogen-bond donors (Lipinski definition) is 2. The van der Waals surface area contributed by atoms with Gasteiger partial charge in [0.05, 0.1) is 4.90 Å². The summed E-state index contributed by atoms with van der Waals surface area (Å²) < 4.78 is 27.4. The van der Waals surface area contributed by atoms with Crippen LogP contribution in [0, 0.1) is 6.92 Å². The van der Waals surface area contributed by atoms with Crippen LogP contribution in [-0.4, -0.2) is 19.9 Å². The summed E-state index contributed by atoms with van der Waals surface area (Å²) in [5.74, 6) is 0. The van der Waals surface area contributed by atoms with E-state index in [1.54, 1.807) is 12.1 Å². The van der Waals surface area contributed by atoms with Crippen LogP contribution in [0.25, 0.3) is 10.9 Å². The maximum absolute atomic E-state index is 12.4. The fourth-order valence-corrected chi connectivity index (χ4v) is 3.99. The fraction of sp³-hybridized carbons (Fsp3) is 0.263. The van der Waals surface area contributed by atoms with E-state index in [0.717, 1.165) is 17.5 Å². The number of benzene rings is 2. The van der Waals surface area contributed by atoms with E-state index in [9.17, 15) is 8.42 Å². The monoisotopic (exact) mass is 342 g/mol. The van der Waals surface area contributed by atoms with Crippen molar-refractivity contribution in [3.05, 3.63) is 65.4 Å². The number of hydrogen-bond acceptors (Lipinski definition) is 2. The minimum atomic E-state index is -3.46. The minimum Gasteiger partial charge on any atom is -0.358 e. The van der Waals surface area contributed by atoms with Gasteiger partial charge in [-0.1, -0.05) is 42.8 Å². The van der Waals surface area contributed by atoms with Crippen molar-refractivity contribution in [2.45, 2.75) is 31.6 Å². The van der Waals surface area contributed by atoms with E-state index in [2.05, 4.69) is 28.8 Å². The Morgan fingerprint density at radius 1 is 1.04 bits per heavy atom. The third-order valence-corrected chi connectivity index (χ3v) is 5.73. The highest BCUT2D eigenvalue weighted by molar-refractivity contribution is 7.89. The maximum Gasteiger partial charge on any atom is 0.240 e. The number of nitrogens with one attached hydrogen (secondary N) is 2. The summed E-state index contributed by atoms with van der Waals surface area (Å²) in [5.41, 5.74) is 4.51. The quantitative estimate of drug-likeness (QED) is 0.719. The summed E-state index contributed by atoms with van der Waals surface area (Å²) in [4.78, 5) is 3.73. The predicted molar refractivity (Wildman–Crippen MR) is 97.7 cm³/mol. The van der Waals surface area contributed by atoms with Gasteiger partial charge in [-0.15, -0.1) is 0 Å². The highest BCUT2D eigenvalue weighted by Gasteiger charge is 2.15. The molecule has 0 atom stereocenters. The number of aromatic nitrogens is 1. The first-order chi connectivity index (χ1) is 11.5. The molecule has 2 N–H and O–H groups in total. The normalized spacial score (nSPS) is 11.9. The molecular formula is C19H22N2O2S. The lowest BCUT2D eigenvalue weighted by molar-refractivity contribution is 0.581. The summed E-state index contributed by atoms with van der Waals surface area (Å²) >= 11 is 0. The number of rotatable bonds is 6. The molecule has 4 nitrogen and oxygen atoms in total. The van der Waals surface area contributed by atoms with Gasteiger partial charge in [-0.25, -0.2) is 13.1 Å². The Labute approximate surface area is 143 Å². The molecule has 0 fully saturated rings. The molecule has 0 unspecified atom stereocenters. The fourth-order valence-electron chi connectivity index (χ4n) is 2.95. The number of sulfonamides is 1. The van der Waals surface area contributed by atoms with Crippen molar-refractivity contribution >= 4 is 20.9 Å². The van der Waals surface area contributed by atoms with Crippen molar-refractivity contribution < 1.29 is 8.42 Å². The molecule has 0 radical (unpaired) electrons. The van der Waals surface area contributed by atoms with Gasteiger partial charge in [0.25, 0.3) is 0 Å². The van der Waals surface area contributed by atoms with Gasteiger partial charge in [-0.3, -0.25) is 0 Å². The first-order valence-corrected chi connectivity index (χ1v) is 9.64. The van der Waals surface area contributed by atoms with Crippen molar-refractivity contribution in [3.8, 4) is 0 Å². The summed E-state index contributed by atoms with van der Waals surface area (Å²) in [7, 11) is -3.46. The second kappa shape index (κ2) is 6.79. The van der Waals surface area contributed by atoms with E-state index in [1.807, 2.05) is 31.2 Å². The Morgan fingerprint density at radius 3 is 2.46 bits per heavy atom. The maximum atomic E-state index is 12.4. The van der Waals surface area contributed by atoms with E-state index in [4.69, 9.17) is 0 Å². The molecule has 0 saturated carbocycles. The van der Waals surface area contributed by atoms with E-state index in [0.29, 0.717) is 17.9 Å². The van der Waals surface area contributed by atoms with E-state index in [-0.39, 0.29) is 0 Å². The first kappa shape index (κ1) is 16.7. The molecule has 2 aromatic carbocycles. The molecule has 0 amide bonds. The van der Waals surface area contributed by atoms with Gasteiger partial charge < -0.3 is 4.98 Å². The molecule has 0 aliphatic heterocycles. The summed E-state index contributed by atoms with van der Waals surface area (Å²) in [6.07, 6.45) is 1.56. The molecule has 3 aromatic rings. The molecule has 126 valence electrons. The zero-order chi connectivity index (χ0) is 17.2. The molecule has 1 heterocycles. The molecule has 3 rings (SSSR count). The standard InChI is InChI=1S/C19H22N2O2S/c1-3-18-17(16-6-4-5-7-19(16)21-18)12-13-20-24(22,23)15-10-8-14(2)9-11-15/h4-11,20-21H,3,12-13H2,1-2H3. The molecule has 0 bridgehead atoms. The summed E-state index contributed by atoms with van der Waals surface area (Å²) in [6.45, 7) is 4.42. The van der Waals surface area contributed by atoms with Crippen molar-refractivity contribution in [1.82, 2.24) is 9.71 Å². The Hall–Kier alpha value is -2.11. The SMILES string of the molecule is CCc1[nH]c2ccccc2c1CCNS(=O)(=O)c1ccc(C)cc1. The number of aromatic amines is 1. The van der Waals surface area contributed by atoms with Gasteiger partial charge in [0.15, 0.2) is 0 Å². The first-order valence-electron chi connectivity index (χ1n) is 8.16. The molecule has 0 saturated heterocycles. The van der Waals surface area contributed by atoms with Crippen LogP contribution in [0.3, 0.4) is 0 Å². The highest BCUT2D eigenvalue weighted by Crippen LogP contribution is 2.23. The van der Waals surface area contributed by atoms with Gasteiger partial charge in [-0.2, -0.15) is 0 Å². The van der Waals surface area contributed by atoms with Gasteiger partial charge >= 0.3 is 0 Å². The lowest BCUT2D eigenvalue weighted by Gasteiger charge is -2.08. The van der Waals surface area contributed by atoms with Crippen LogP contribution in [0.4, 0.5) is 0 Å². The Kier molecular flexibility index (Phi) is 4.73. The summed E-state index contributed by atoms with van der Waals surface area (Å²) in [6, 6.07) is 15.0. The molecule has 0 aliphatic rings. The van der Waals surface area contributed by atoms with E-state index in [1.165, 1.54) is 16.6 Å². The molecule has 24 heavy (non-hydrogen) atoms. The van der Waals surface area contributed by atoms with Crippen LogP contribution < -0.4 is 4.72 Å². The average Bonchev–Trinajstić information content (AvgIpc) is 2.93. The van der Waals surface area contributed by atoms with Crippen LogP contribution in [0.5, 0.6) is 0 Å². The van der Waals surface area contributed by atoms with Crippen LogP contribution in [0.2, 0.25) is 0 Å². The number of aryl methyl sites for hydroxylation is 2. The van der Waals surface area contributed by atoms with Crippen LogP contribution in [-0.2, 0) is 22.9 Å². The third-order valence-electron chi connectivity index (χ3n) is 4.25. The lowest BCUT2D eigenvalue weighted by atomic mass is 10.1. The summed E-state index contributed by atoms with van der Waals surface area (Å²) in [5, 5.41) is 1.17. The topological polar surface area (TPSA) is 62.0 Å². The number of fused-ring (bicyclic) bond motifs is 1. The van der Waals surface area contributed by atoms with Gasteiger partial charge in [0, 0.05) is 23.1 Å². The minimum absolute atomic E-state index is 0.308. The Balaban J connectivity index is 1.76. The van der Waals surface area contributed by atoms with Crippen LogP contribution >= 0.6 is 0 Å². The van der Waals surface area contributed by atoms with Gasteiger partial charge in [-0.05, 0) is 43.5 Å². The lowest BCUT2D eigenvalue weighted by Crippen LogP contribution is -2.26. The largest absolute Gasteiger partial charge is 0.358 e. The average molecular weight is 342 g/mol. The predicted octanol–water partition coefficient (Wildman–Crippen LogP) is 3.56. The second-order valence-corrected chi connectivity index (χ2v) is 7.71. The van der Waals surface area contributed by atoms with Crippen molar-refractivity contribution in [2.24, 2.45) is 0 Å². The van der Waals surface area contributed by atoms with Crippen molar-refractivity contribution in [3.63, 3.8) is 0 Å². The van der Waals surface area contributed by atoms with Crippen molar-refractivity contribution in [2.75, 3.05) is 6.54 Å². The number of H-pyrrole nitrogens is 1. The molecule has 5 heteroatoms. The zero-order valence-corrected chi connectivity index (χ0v) is 14.8. The Morgan fingerprint density at radius 2 is 1.75 bits per heavy atom. The number of para-hydroxylation sites is 1. The third kappa shape index (κ3) is 3.37. The molecule has 0 aliphatic carbocycles. The molecule has 1 aromatic heterocycles. The van der Waals surface area contributed by atoms with Gasteiger partial charge in [0.2, 0.25) is 10.0 Å². The molecule has 0 spiro atoms. The zero-order valence-electron chi connectivity index (χ0n) is 14.0. The van der Waals surface area contributed by atoms with E-state index < -0.39 is 10.0 Å². The van der Waals surface area contributed by atoms with Crippen LogP contribution in [0.15, 0.2) is 53.4 Å². The highest BCUT2D eigenvalue weighted by atomic mass is 32.2. The van der Waals surface area contributed by atoms with Gasteiger partial charge in [0.1, 0.15) is 0 Å². The van der Waals surface area contributed by atoms with E-state index >= 15 is 0 Å². The Bertz CT molecular complexity index is 941. The second-order valence-electron chi connectivity index (χ2n) is 5.94.